The number of hydrogen-bond acceptors (Lipinski definition) is 6. The molecule has 3 amide bonds. The molecule has 0 radical (unpaired) electrons. The van der Waals surface area contributed by atoms with Crippen molar-refractivity contribution in [3.63, 3.8) is 0 Å². The second kappa shape index (κ2) is 9.74. The van der Waals surface area contributed by atoms with Gasteiger partial charge in [-0.15, -0.1) is 0 Å². The molecule has 0 bridgehead atoms. The minimum atomic E-state index is -0.623. The Morgan fingerprint density at radius 2 is 1.90 bits per heavy atom. The van der Waals surface area contributed by atoms with Crippen LogP contribution in [0.4, 0.5) is 14.9 Å². The Morgan fingerprint density at radius 1 is 1.14 bits per heavy atom. The summed E-state index contributed by atoms with van der Waals surface area (Å²) in [6, 6.07) is 10.1. The molecule has 1 aliphatic rings. The van der Waals surface area contributed by atoms with Gasteiger partial charge in [0.25, 0.3) is 0 Å². The fourth-order valence-electron chi connectivity index (χ4n) is 2.68. The number of nitrogens with one attached hydrogen (secondary N) is 2. The Bertz CT molecular complexity index is 860. The second-order valence-electron chi connectivity index (χ2n) is 6.46. The zero-order chi connectivity index (χ0) is 20.6. The highest BCUT2D eigenvalue weighted by atomic mass is 19.1. The van der Waals surface area contributed by atoms with Crippen LogP contribution in [0.3, 0.4) is 0 Å². The van der Waals surface area contributed by atoms with Gasteiger partial charge < -0.3 is 19.5 Å². The van der Waals surface area contributed by atoms with Crippen molar-refractivity contribution in [2.45, 2.75) is 6.42 Å². The molecule has 154 valence electrons. The van der Waals surface area contributed by atoms with E-state index in [4.69, 9.17) is 14.2 Å². The summed E-state index contributed by atoms with van der Waals surface area (Å²) in [4.78, 5) is 25.7. The van der Waals surface area contributed by atoms with Gasteiger partial charge in [0.05, 0.1) is 13.2 Å². The molecule has 1 aliphatic heterocycles. The molecule has 0 spiro atoms. The van der Waals surface area contributed by atoms with E-state index in [0.29, 0.717) is 42.5 Å². The van der Waals surface area contributed by atoms with Gasteiger partial charge in [-0.05, 0) is 49.9 Å². The third-order valence-corrected chi connectivity index (χ3v) is 4.06. The van der Waals surface area contributed by atoms with E-state index < -0.39 is 11.9 Å². The van der Waals surface area contributed by atoms with Crippen molar-refractivity contribution in [3.05, 3.63) is 48.3 Å². The maximum atomic E-state index is 12.8. The molecule has 2 N–H and O–H groups in total. The predicted octanol–water partition coefficient (Wildman–Crippen LogP) is 2.60. The number of imide groups is 1. The van der Waals surface area contributed by atoms with Gasteiger partial charge in [-0.25, -0.2) is 9.18 Å². The molecule has 0 unspecified atom stereocenters. The average molecular weight is 403 g/mol. The van der Waals surface area contributed by atoms with Crippen molar-refractivity contribution >= 4 is 17.6 Å². The lowest BCUT2D eigenvalue weighted by molar-refractivity contribution is -0.120. The highest BCUT2D eigenvalue weighted by molar-refractivity contribution is 6.01. The normalized spacial score (nSPS) is 12.0. The lowest BCUT2D eigenvalue weighted by Crippen LogP contribution is -2.41. The SMILES string of the molecule is CN(CCCOc1ccc(F)cc1)CC(=O)NC(=O)Nc1ccc2c(c1)OCO2. The van der Waals surface area contributed by atoms with Crippen LogP contribution in [0, 0.1) is 5.82 Å². The number of carbonyl (C=O) groups excluding carboxylic acids is 2. The molecule has 0 fully saturated rings. The Balaban J connectivity index is 1.32. The molecule has 0 aromatic heterocycles. The van der Waals surface area contributed by atoms with E-state index in [0.717, 1.165) is 0 Å². The summed E-state index contributed by atoms with van der Waals surface area (Å²) in [5.74, 6) is 0.997. The first-order valence-electron chi connectivity index (χ1n) is 9.07. The molecule has 29 heavy (non-hydrogen) atoms. The molecule has 9 heteroatoms. The topological polar surface area (TPSA) is 89.1 Å². The van der Waals surface area contributed by atoms with E-state index in [1.165, 1.54) is 12.1 Å². The minimum Gasteiger partial charge on any atom is -0.494 e. The first-order valence-corrected chi connectivity index (χ1v) is 9.07. The lowest BCUT2D eigenvalue weighted by atomic mass is 10.3. The minimum absolute atomic E-state index is 0.0606. The average Bonchev–Trinajstić information content (AvgIpc) is 3.14. The Kier molecular flexibility index (Phi) is 6.85. The number of hydrogen-bond donors (Lipinski definition) is 2. The van der Waals surface area contributed by atoms with E-state index >= 15 is 0 Å². The van der Waals surface area contributed by atoms with E-state index in [1.54, 1.807) is 42.3 Å². The molecule has 2 aromatic carbocycles. The van der Waals surface area contributed by atoms with Gasteiger partial charge >= 0.3 is 6.03 Å². The van der Waals surface area contributed by atoms with Gasteiger partial charge in [-0.2, -0.15) is 0 Å². The largest absolute Gasteiger partial charge is 0.494 e. The molecule has 3 rings (SSSR count). The van der Waals surface area contributed by atoms with Crippen LogP contribution >= 0.6 is 0 Å². The lowest BCUT2D eigenvalue weighted by Gasteiger charge is -2.16. The quantitative estimate of drug-likeness (QED) is 0.659. The molecule has 8 nitrogen and oxygen atoms in total. The van der Waals surface area contributed by atoms with E-state index in [2.05, 4.69) is 10.6 Å². The number of likely N-dealkylation sites (N-methyl/N-ethyl adjacent to an activating group) is 1. The fourth-order valence-corrected chi connectivity index (χ4v) is 2.68. The summed E-state index contributed by atoms with van der Waals surface area (Å²) in [6.07, 6.45) is 0.671. The third-order valence-electron chi connectivity index (χ3n) is 4.06. The van der Waals surface area contributed by atoms with Crippen molar-refractivity contribution in [2.24, 2.45) is 0 Å². The smallest absolute Gasteiger partial charge is 0.325 e. The number of carbonyl (C=O) groups is 2. The number of amides is 3. The van der Waals surface area contributed by atoms with Crippen LogP contribution in [0.25, 0.3) is 0 Å². The maximum Gasteiger partial charge on any atom is 0.325 e. The first-order chi connectivity index (χ1) is 14.0. The molecular formula is C20H22FN3O5. The van der Waals surface area contributed by atoms with E-state index in [9.17, 15) is 14.0 Å². The van der Waals surface area contributed by atoms with Gasteiger partial charge in [0.2, 0.25) is 12.7 Å². The van der Waals surface area contributed by atoms with Crippen LogP contribution in [0.2, 0.25) is 0 Å². The summed E-state index contributed by atoms with van der Waals surface area (Å²) in [6.45, 7) is 1.23. The van der Waals surface area contributed by atoms with Crippen LogP contribution in [0.15, 0.2) is 42.5 Å². The zero-order valence-corrected chi connectivity index (χ0v) is 15.9. The van der Waals surface area contributed by atoms with Crippen LogP contribution < -0.4 is 24.8 Å². The fraction of sp³-hybridized carbons (Fsp3) is 0.300. The Labute approximate surface area is 167 Å². The number of ether oxygens (including phenoxy) is 3. The van der Waals surface area contributed by atoms with E-state index in [1.807, 2.05) is 0 Å². The first kappa shape index (κ1) is 20.4. The van der Waals surface area contributed by atoms with Gasteiger partial charge in [-0.1, -0.05) is 0 Å². The maximum absolute atomic E-state index is 12.8. The molecule has 1 heterocycles. The molecule has 0 saturated heterocycles. The van der Waals surface area contributed by atoms with Gasteiger partial charge in [0, 0.05) is 18.3 Å². The van der Waals surface area contributed by atoms with Gasteiger partial charge in [0.1, 0.15) is 11.6 Å². The number of benzene rings is 2. The van der Waals surface area contributed by atoms with Crippen LogP contribution in [-0.4, -0.2) is 50.4 Å². The second-order valence-corrected chi connectivity index (χ2v) is 6.46. The van der Waals surface area contributed by atoms with Crippen LogP contribution in [-0.2, 0) is 4.79 Å². The summed E-state index contributed by atoms with van der Waals surface area (Å²) in [5, 5.41) is 4.86. The van der Waals surface area contributed by atoms with Gasteiger partial charge in [-0.3, -0.25) is 15.0 Å². The number of halogens is 1. The summed E-state index contributed by atoms with van der Waals surface area (Å²) >= 11 is 0. The number of anilines is 1. The Morgan fingerprint density at radius 3 is 2.69 bits per heavy atom. The standard InChI is InChI=1S/C20H22FN3O5/c1-24(9-2-10-27-16-6-3-14(21)4-7-16)12-19(25)23-20(26)22-15-5-8-17-18(11-15)29-13-28-17/h3-8,11H,2,9-10,12-13H2,1H3,(H2,22,23,25,26). The predicted molar refractivity (Wildman–Crippen MR) is 104 cm³/mol. The van der Waals surface area contributed by atoms with Gasteiger partial charge in [0.15, 0.2) is 11.5 Å². The summed E-state index contributed by atoms with van der Waals surface area (Å²) in [5.41, 5.74) is 0.492. The van der Waals surface area contributed by atoms with Crippen LogP contribution in [0.1, 0.15) is 6.42 Å². The third kappa shape index (κ3) is 6.35. The molecular weight excluding hydrogens is 381 g/mol. The van der Waals surface area contributed by atoms with Crippen molar-refractivity contribution in [1.29, 1.82) is 0 Å². The highest BCUT2D eigenvalue weighted by Crippen LogP contribution is 2.34. The van der Waals surface area contributed by atoms with Crippen LogP contribution in [0.5, 0.6) is 17.2 Å². The number of urea groups is 1. The molecule has 0 atom stereocenters. The Hall–Kier alpha value is -3.33. The monoisotopic (exact) mass is 403 g/mol. The molecule has 2 aromatic rings. The highest BCUT2D eigenvalue weighted by Gasteiger charge is 2.15. The number of nitrogens with zero attached hydrogens (tertiary/aromatic N) is 1. The van der Waals surface area contributed by atoms with Crippen molar-refractivity contribution in [2.75, 3.05) is 38.9 Å². The molecule has 0 saturated carbocycles. The summed E-state index contributed by atoms with van der Waals surface area (Å²) < 4.78 is 28.8. The summed E-state index contributed by atoms with van der Waals surface area (Å²) in [7, 11) is 1.77. The van der Waals surface area contributed by atoms with Crippen molar-refractivity contribution < 1.29 is 28.2 Å². The number of rotatable bonds is 8. The number of fused-ring (bicyclic) bond motifs is 1. The van der Waals surface area contributed by atoms with Crippen molar-refractivity contribution in [3.8, 4) is 17.2 Å². The zero-order valence-electron chi connectivity index (χ0n) is 15.9. The van der Waals surface area contributed by atoms with E-state index in [-0.39, 0.29) is 19.2 Å². The van der Waals surface area contributed by atoms with Crippen molar-refractivity contribution in [1.82, 2.24) is 10.2 Å². The molecule has 0 aliphatic carbocycles.